The summed E-state index contributed by atoms with van der Waals surface area (Å²) in [5.74, 6) is 0.405. The van der Waals surface area contributed by atoms with Crippen LogP contribution in [0.5, 0.6) is 5.75 Å². The topological polar surface area (TPSA) is 84.7 Å². The Hall–Kier alpha value is -1.31. The summed E-state index contributed by atoms with van der Waals surface area (Å²) >= 11 is 0. The van der Waals surface area contributed by atoms with Gasteiger partial charge in [-0.15, -0.1) is 0 Å². The van der Waals surface area contributed by atoms with Gasteiger partial charge in [0.25, 0.3) is 0 Å². The van der Waals surface area contributed by atoms with E-state index in [-0.39, 0.29) is 4.90 Å². The fourth-order valence-corrected chi connectivity index (χ4v) is 2.70. The van der Waals surface area contributed by atoms with Crippen molar-refractivity contribution in [3.63, 3.8) is 0 Å². The monoisotopic (exact) mass is 301 g/mol. The highest BCUT2D eigenvalue weighted by Gasteiger charge is 2.14. The fraction of sp³-hybridized carbons (Fsp3) is 0.538. The van der Waals surface area contributed by atoms with E-state index in [1.807, 2.05) is 14.1 Å². The first kappa shape index (κ1) is 16.7. The highest BCUT2D eigenvalue weighted by molar-refractivity contribution is 7.89. The van der Waals surface area contributed by atoms with Crippen molar-refractivity contribution in [1.29, 1.82) is 0 Å². The number of benzene rings is 1. The number of anilines is 1. The molecule has 0 heterocycles. The predicted octanol–water partition coefficient (Wildman–Crippen LogP) is 0.898. The summed E-state index contributed by atoms with van der Waals surface area (Å²) in [6.45, 7) is 3.46. The third kappa shape index (κ3) is 4.99. The van der Waals surface area contributed by atoms with Crippen LogP contribution in [0.3, 0.4) is 0 Å². The molecule has 0 spiro atoms. The normalized spacial score (nSPS) is 11.8. The minimum absolute atomic E-state index is 0.163. The van der Waals surface area contributed by atoms with Crippen LogP contribution in [0.15, 0.2) is 23.1 Å². The number of hydrogen-bond acceptors (Lipinski definition) is 5. The van der Waals surface area contributed by atoms with Crippen molar-refractivity contribution in [2.45, 2.75) is 18.2 Å². The van der Waals surface area contributed by atoms with Gasteiger partial charge in [0.2, 0.25) is 10.0 Å². The van der Waals surface area contributed by atoms with Gasteiger partial charge in [0.1, 0.15) is 5.75 Å². The first-order valence-electron chi connectivity index (χ1n) is 6.53. The van der Waals surface area contributed by atoms with Crippen LogP contribution in [0.25, 0.3) is 0 Å². The molecule has 6 nitrogen and oxygen atoms in total. The highest BCUT2D eigenvalue weighted by atomic mass is 32.2. The Morgan fingerprint density at radius 2 is 2.05 bits per heavy atom. The molecular formula is C13H23N3O3S. The van der Waals surface area contributed by atoms with Crippen LogP contribution < -0.4 is 15.2 Å². The maximum Gasteiger partial charge on any atom is 0.240 e. The van der Waals surface area contributed by atoms with E-state index in [1.165, 1.54) is 12.1 Å². The number of nitrogens with one attached hydrogen (secondary N) is 1. The summed E-state index contributed by atoms with van der Waals surface area (Å²) in [6.07, 6.45) is 0.844. The molecule has 1 aromatic rings. The van der Waals surface area contributed by atoms with Crippen LogP contribution in [0, 0.1) is 0 Å². The zero-order chi connectivity index (χ0) is 15.2. The number of nitrogen functional groups attached to an aromatic ring is 1. The number of sulfonamides is 1. The van der Waals surface area contributed by atoms with Gasteiger partial charge in [0.05, 0.1) is 17.2 Å². The minimum Gasteiger partial charge on any atom is -0.491 e. The van der Waals surface area contributed by atoms with Gasteiger partial charge in [-0.1, -0.05) is 6.92 Å². The number of rotatable bonds is 8. The molecule has 0 atom stereocenters. The van der Waals surface area contributed by atoms with Crippen LogP contribution in [0.2, 0.25) is 0 Å². The Morgan fingerprint density at radius 1 is 1.35 bits per heavy atom. The molecule has 3 N–H and O–H groups in total. The summed E-state index contributed by atoms with van der Waals surface area (Å²) in [4.78, 5) is 2.22. The molecule has 0 radical (unpaired) electrons. The standard InChI is InChI=1S/C13H23N3O3S/c1-4-15-20(17,18)11-6-7-12(14)13(10-11)19-9-5-8-16(2)3/h6-7,10,15H,4-5,8-9,14H2,1-3H3. The third-order valence-corrected chi connectivity index (χ3v) is 4.18. The lowest BCUT2D eigenvalue weighted by atomic mass is 10.3. The van der Waals surface area contributed by atoms with E-state index in [2.05, 4.69) is 9.62 Å². The van der Waals surface area contributed by atoms with E-state index in [4.69, 9.17) is 10.5 Å². The number of hydrogen-bond donors (Lipinski definition) is 2. The molecule has 0 aromatic heterocycles. The van der Waals surface area contributed by atoms with Crippen molar-refractivity contribution in [1.82, 2.24) is 9.62 Å². The van der Waals surface area contributed by atoms with Gasteiger partial charge >= 0.3 is 0 Å². The average Bonchev–Trinajstić information content (AvgIpc) is 2.36. The van der Waals surface area contributed by atoms with Gasteiger partial charge in [-0.05, 0) is 32.6 Å². The summed E-state index contributed by atoms with van der Waals surface area (Å²) < 4.78 is 31.8. The molecular weight excluding hydrogens is 278 g/mol. The van der Waals surface area contributed by atoms with Crippen LogP contribution in [-0.2, 0) is 10.0 Å². The Morgan fingerprint density at radius 3 is 2.65 bits per heavy atom. The lowest BCUT2D eigenvalue weighted by molar-refractivity contribution is 0.282. The first-order valence-corrected chi connectivity index (χ1v) is 8.02. The molecule has 0 bridgehead atoms. The molecule has 1 rings (SSSR count). The zero-order valence-electron chi connectivity index (χ0n) is 12.2. The van der Waals surface area contributed by atoms with Gasteiger partial charge in [-0.3, -0.25) is 0 Å². The van der Waals surface area contributed by atoms with E-state index in [0.29, 0.717) is 24.6 Å². The quantitative estimate of drug-likeness (QED) is 0.550. The molecule has 20 heavy (non-hydrogen) atoms. The molecule has 0 fully saturated rings. The van der Waals surface area contributed by atoms with E-state index >= 15 is 0 Å². The van der Waals surface area contributed by atoms with Crippen molar-refractivity contribution in [2.24, 2.45) is 0 Å². The maximum atomic E-state index is 11.9. The SMILES string of the molecule is CCNS(=O)(=O)c1ccc(N)c(OCCCN(C)C)c1. The highest BCUT2D eigenvalue weighted by Crippen LogP contribution is 2.25. The van der Waals surface area contributed by atoms with Gasteiger partial charge in [0, 0.05) is 19.2 Å². The third-order valence-electron chi connectivity index (χ3n) is 2.64. The molecule has 1 aromatic carbocycles. The smallest absolute Gasteiger partial charge is 0.240 e. The Labute approximate surface area is 121 Å². The Kier molecular flexibility index (Phi) is 6.25. The molecule has 0 saturated carbocycles. The van der Waals surface area contributed by atoms with E-state index in [1.54, 1.807) is 13.0 Å². The van der Waals surface area contributed by atoms with E-state index in [9.17, 15) is 8.42 Å². The van der Waals surface area contributed by atoms with Crippen molar-refractivity contribution in [2.75, 3.05) is 39.5 Å². The first-order chi connectivity index (χ1) is 9.36. The van der Waals surface area contributed by atoms with Crippen molar-refractivity contribution in [3.05, 3.63) is 18.2 Å². The molecule has 0 aliphatic carbocycles. The van der Waals surface area contributed by atoms with Crippen molar-refractivity contribution in [3.8, 4) is 5.75 Å². The second kappa shape index (κ2) is 7.47. The van der Waals surface area contributed by atoms with E-state index in [0.717, 1.165) is 13.0 Å². The molecule has 0 aliphatic rings. The lowest BCUT2D eigenvalue weighted by Gasteiger charge is -2.13. The number of ether oxygens (including phenoxy) is 1. The molecule has 7 heteroatoms. The maximum absolute atomic E-state index is 11.9. The molecule has 114 valence electrons. The van der Waals surface area contributed by atoms with Crippen molar-refractivity contribution >= 4 is 15.7 Å². The minimum atomic E-state index is -3.49. The molecule has 0 aliphatic heterocycles. The number of nitrogens with zero attached hydrogens (tertiary/aromatic N) is 1. The number of nitrogens with two attached hydrogens (primary N) is 1. The summed E-state index contributed by atoms with van der Waals surface area (Å²) in [5.41, 5.74) is 6.23. The Bertz CT molecular complexity index is 530. The second-order valence-electron chi connectivity index (χ2n) is 4.71. The van der Waals surface area contributed by atoms with Gasteiger partial charge < -0.3 is 15.4 Å². The largest absolute Gasteiger partial charge is 0.491 e. The zero-order valence-corrected chi connectivity index (χ0v) is 13.0. The van der Waals surface area contributed by atoms with E-state index < -0.39 is 10.0 Å². The average molecular weight is 301 g/mol. The molecule has 0 saturated heterocycles. The van der Waals surface area contributed by atoms with Gasteiger partial charge in [-0.2, -0.15) is 0 Å². The van der Waals surface area contributed by atoms with Gasteiger partial charge in [-0.25, -0.2) is 13.1 Å². The lowest BCUT2D eigenvalue weighted by Crippen LogP contribution is -2.23. The molecule has 0 amide bonds. The summed E-state index contributed by atoms with van der Waals surface area (Å²) in [5, 5.41) is 0. The molecule has 0 unspecified atom stereocenters. The summed E-state index contributed by atoms with van der Waals surface area (Å²) in [6, 6.07) is 4.48. The van der Waals surface area contributed by atoms with Crippen LogP contribution >= 0.6 is 0 Å². The van der Waals surface area contributed by atoms with Crippen molar-refractivity contribution < 1.29 is 13.2 Å². The van der Waals surface area contributed by atoms with Gasteiger partial charge in [0.15, 0.2) is 0 Å². The predicted molar refractivity (Wildman–Crippen MR) is 80.4 cm³/mol. The Balaban J connectivity index is 2.77. The second-order valence-corrected chi connectivity index (χ2v) is 6.47. The van der Waals surface area contributed by atoms with Crippen LogP contribution in [0.1, 0.15) is 13.3 Å². The van der Waals surface area contributed by atoms with Crippen LogP contribution in [0.4, 0.5) is 5.69 Å². The summed E-state index contributed by atoms with van der Waals surface area (Å²) in [7, 11) is 0.481. The fourth-order valence-electron chi connectivity index (χ4n) is 1.64. The van der Waals surface area contributed by atoms with Crippen LogP contribution in [-0.4, -0.2) is 47.1 Å².